The van der Waals surface area contributed by atoms with Crippen LogP contribution in [-0.2, 0) is 9.53 Å². The molecular weight excluding hydrogens is 380 g/mol. The normalized spacial score (nSPS) is 14.9. The summed E-state index contributed by atoms with van der Waals surface area (Å²) in [5, 5.41) is 6.23. The number of ether oxygens (including phenoxy) is 1. The molecule has 0 bridgehead atoms. The maximum Gasteiger partial charge on any atom is 0.294 e. The highest BCUT2D eigenvalue weighted by molar-refractivity contribution is 6.30. The summed E-state index contributed by atoms with van der Waals surface area (Å²) in [4.78, 5) is 28.3. The van der Waals surface area contributed by atoms with Crippen molar-refractivity contribution in [1.29, 1.82) is 0 Å². The molecular formula is C20H19ClN4O3. The van der Waals surface area contributed by atoms with E-state index in [1.807, 2.05) is 29.2 Å². The zero-order valence-corrected chi connectivity index (χ0v) is 15.9. The topological polar surface area (TPSA) is 76.5 Å². The SMILES string of the molecule is O=C(CN1CCOCC1)Nn1nc(-c2ccc(Cl)cc2)c2ccccc2c1=O. The Morgan fingerprint density at radius 2 is 1.75 bits per heavy atom. The Morgan fingerprint density at radius 3 is 2.46 bits per heavy atom. The summed E-state index contributed by atoms with van der Waals surface area (Å²) in [6.07, 6.45) is 0. The molecule has 144 valence electrons. The highest BCUT2D eigenvalue weighted by atomic mass is 35.5. The summed E-state index contributed by atoms with van der Waals surface area (Å²) in [6, 6.07) is 14.4. The van der Waals surface area contributed by atoms with Crippen molar-refractivity contribution in [3.63, 3.8) is 0 Å². The molecule has 1 N–H and O–H groups in total. The lowest BCUT2D eigenvalue weighted by molar-refractivity contribution is -0.119. The van der Waals surface area contributed by atoms with Crippen molar-refractivity contribution in [2.24, 2.45) is 0 Å². The van der Waals surface area contributed by atoms with Crippen LogP contribution < -0.4 is 11.0 Å². The van der Waals surface area contributed by atoms with Crippen LogP contribution in [0, 0.1) is 0 Å². The lowest BCUT2D eigenvalue weighted by Gasteiger charge is -2.25. The quantitative estimate of drug-likeness (QED) is 0.728. The predicted octanol–water partition coefficient (Wildman–Crippen LogP) is 2.12. The molecule has 2 aromatic carbocycles. The molecule has 0 aliphatic carbocycles. The molecule has 1 saturated heterocycles. The second-order valence-electron chi connectivity index (χ2n) is 6.54. The minimum atomic E-state index is -0.372. The Hall–Kier alpha value is -2.74. The number of halogens is 1. The second kappa shape index (κ2) is 8.10. The van der Waals surface area contributed by atoms with Crippen LogP contribution >= 0.6 is 11.6 Å². The number of rotatable bonds is 4. The van der Waals surface area contributed by atoms with Crippen molar-refractivity contribution in [3.05, 3.63) is 63.9 Å². The molecule has 1 amide bonds. The number of hydrogen-bond acceptors (Lipinski definition) is 5. The van der Waals surface area contributed by atoms with Crippen LogP contribution in [0.3, 0.4) is 0 Å². The van der Waals surface area contributed by atoms with E-state index < -0.39 is 0 Å². The van der Waals surface area contributed by atoms with Gasteiger partial charge in [0, 0.05) is 29.1 Å². The molecule has 0 unspecified atom stereocenters. The van der Waals surface area contributed by atoms with Gasteiger partial charge in [0.1, 0.15) is 5.69 Å². The van der Waals surface area contributed by atoms with Gasteiger partial charge >= 0.3 is 0 Å². The van der Waals surface area contributed by atoms with Gasteiger partial charge in [-0.3, -0.25) is 14.5 Å². The van der Waals surface area contributed by atoms with E-state index in [4.69, 9.17) is 16.3 Å². The molecule has 28 heavy (non-hydrogen) atoms. The van der Waals surface area contributed by atoms with Crippen LogP contribution in [0.15, 0.2) is 53.3 Å². The molecule has 3 aromatic rings. The number of benzene rings is 2. The number of carbonyl (C=O) groups excluding carboxylic acids is 1. The molecule has 7 nitrogen and oxygen atoms in total. The molecule has 0 saturated carbocycles. The van der Waals surface area contributed by atoms with E-state index in [1.165, 1.54) is 0 Å². The van der Waals surface area contributed by atoms with Crippen molar-refractivity contribution in [2.75, 3.05) is 38.3 Å². The molecule has 0 atom stereocenters. The summed E-state index contributed by atoms with van der Waals surface area (Å²) >= 11 is 5.99. The van der Waals surface area contributed by atoms with Crippen LogP contribution in [0.2, 0.25) is 5.02 Å². The van der Waals surface area contributed by atoms with Gasteiger partial charge in [-0.25, -0.2) is 5.43 Å². The predicted molar refractivity (Wildman–Crippen MR) is 108 cm³/mol. The number of amides is 1. The number of nitrogens with one attached hydrogen (secondary N) is 1. The molecule has 1 aliphatic rings. The van der Waals surface area contributed by atoms with Gasteiger partial charge in [-0.05, 0) is 18.2 Å². The van der Waals surface area contributed by atoms with E-state index in [2.05, 4.69) is 10.5 Å². The fraction of sp³-hybridized carbons (Fsp3) is 0.250. The zero-order chi connectivity index (χ0) is 19.5. The van der Waals surface area contributed by atoms with E-state index in [-0.39, 0.29) is 18.0 Å². The van der Waals surface area contributed by atoms with Crippen LogP contribution in [0.25, 0.3) is 22.0 Å². The lowest BCUT2D eigenvalue weighted by Crippen LogP contribution is -2.44. The maximum atomic E-state index is 12.8. The molecule has 2 heterocycles. The third-order valence-electron chi connectivity index (χ3n) is 4.62. The Balaban J connectivity index is 1.70. The highest BCUT2D eigenvalue weighted by Crippen LogP contribution is 2.25. The van der Waals surface area contributed by atoms with Gasteiger partial charge < -0.3 is 4.74 Å². The van der Waals surface area contributed by atoms with Crippen molar-refractivity contribution in [1.82, 2.24) is 14.8 Å². The standard InChI is InChI=1S/C20H19ClN4O3/c21-15-7-5-14(6-8-15)19-16-3-1-2-4-17(16)20(27)25(23-19)22-18(26)13-24-9-11-28-12-10-24/h1-8H,9-13H2,(H,22,26). The molecule has 1 aromatic heterocycles. The average molecular weight is 399 g/mol. The van der Waals surface area contributed by atoms with Crippen LogP contribution in [-0.4, -0.2) is 53.5 Å². The zero-order valence-electron chi connectivity index (χ0n) is 15.1. The van der Waals surface area contributed by atoms with Crippen molar-refractivity contribution < 1.29 is 9.53 Å². The summed E-state index contributed by atoms with van der Waals surface area (Å²) in [7, 11) is 0. The first-order valence-corrected chi connectivity index (χ1v) is 9.37. The van der Waals surface area contributed by atoms with Gasteiger partial charge in [0.2, 0.25) is 0 Å². The average Bonchev–Trinajstić information content (AvgIpc) is 2.72. The number of morpholine rings is 1. The van der Waals surface area contributed by atoms with E-state index in [0.717, 1.165) is 10.4 Å². The first kappa shape index (κ1) is 18.6. The largest absolute Gasteiger partial charge is 0.379 e. The fourth-order valence-electron chi connectivity index (χ4n) is 3.20. The van der Waals surface area contributed by atoms with Gasteiger partial charge in [0.25, 0.3) is 11.5 Å². The molecule has 1 fully saturated rings. The third kappa shape index (κ3) is 3.91. The fourth-order valence-corrected chi connectivity index (χ4v) is 3.33. The first-order valence-electron chi connectivity index (χ1n) is 9.00. The first-order chi connectivity index (χ1) is 13.6. The molecule has 1 aliphatic heterocycles. The summed E-state index contributed by atoms with van der Waals surface area (Å²) < 4.78 is 5.29. The highest BCUT2D eigenvalue weighted by Gasteiger charge is 2.17. The Bertz CT molecular complexity index is 1060. The van der Waals surface area contributed by atoms with Crippen LogP contribution in [0.5, 0.6) is 0 Å². The van der Waals surface area contributed by atoms with Gasteiger partial charge in [-0.2, -0.15) is 0 Å². The van der Waals surface area contributed by atoms with Crippen molar-refractivity contribution in [2.45, 2.75) is 0 Å². The van der Waals surface area contributed by atoms with Gasteiger partial charge in [-0.1, -0.05) is 41.9 Å². The van der Waals surface area contributed by atoms with E-state index in [9.17, 15) is 9.59 Å². The smallest absolute Gasteiger partial charge is 0.294 e. The van der Waals surface area contributed by atoms with E-state index in [1.54, 1.807) is 24.3 Å². The second-order valence-corrected chi connectivity index (χ2v) is 6.98. The molecule has 8 heteroatoms. The minimum absolute atomic E-state index is 0.181. The van der Waals surface area contributed by atoms with Gasteiger partial charge in [0.05, 0.1) is 25.1 Å². The van der Waals surface area contributed by atoms with Crippen LogP contribution in [0.4, 0.5) is 0 Å². The number of carbonyl (C=O) groups is 1. The van der Waals surface area contributed by atoms with E-state index in [0.29, 0.717) is 47.8 Å². The Labute approximate surface area is 166 Å². The summed E-state index contributed by atoms with van der Waals surface area (Å²) in [5.41, 5.74) is 3.64. The summed E-state index contributed by atoms with van der Waals surface area (Å²) in [5.74, 6) is -0.297. The Morgan fingerprint density at radius 1 is 1.07 bits per heavy atom. The number of fused-ring (bicyclic) bond motifs is 1. The monoisotopic (exact) mass is 398 g/mol. The van der Waals surface area contributed by atoms with E-state index >= 15 is 0 Å². The molecule has 0 radical (unpaired) electrons. The number of aromatic nitrogens is 2. The van der Waals surface area contributed by atoms with Crippen LogP contribution in [0.1, 0.15) is 0 Å². The van der Waals surface area contributed by atoms with Gasteiger partial charge in [-0.15, -0.1) is 9.89 Å². The number of nitrogens with zero attached hydrogens (tertiary/aromatic N) is 3. The van der Waals surface area contributed by atoms with Crippen molar-refractivity contribution >= 4 is 28.3 Å². The molecule has 4 rings (SSSR count). The summed E-state index contributed by atoms with van der Waals surface area (Å²) in [6.45, 7) is 2.75. The maximum absolute atomic E-state index is 12.8. The molecule has 0 spiro atoms. The lowest BCUT2D eigenvalue weighted by atomic mass is 10.1. The third-order valence-corrected chi connectivity index (χ3v) is 4.88. The minimum Gasteiger partial charge on any atom is -0.379 e. The van der Waals surface area contributed by atoms with Crippen molar-refractivity contribution in [3.8, 4) is 11.3 Å². The number of hydrogen-bond donors (Lipinski definition) is 1. The van der Waals surface area contributed by atoms with Gasteiger partial charge in [0.15, 0.2) is 0 Å². The Kier molecular flexibility index (Phi) is 5.38.